The molecule has 0 fully saturated rings. The molecule has 19 heavy (non-hydrogen) atoms. The van der Waals surface area contributed by atoms with Crippen molar-refractivity contribution in [1.82, 2.24) is 0 Å². The number of nitrogens with one attached hydrogen (secondary N) is 1. The minimum Gasteiger partial charge on any atom is -0.480 e. The average Bonchev–Trinajstić information content (AvgIpc) is 2.39. The van der Waals surface area contributed by atoms with Gasteiger partial charge in [0.15, 0.2) is 5.82 Å². The molecule has 0 aliphatic heterocycles. The van der Waals surface area contributed by atoms with E-state index in [2.05, 4.69) is 21.2 Å². The number of benzene rings is 1. The predicted octanol–water partition coefficient (Wildman–Crippen LogP) is 2.36. The summed E-state index contributed by atoms with van der Waals surface area (Å²) in [6.45, 7) is 0.239. The van der Waals surface area contributed by atoms with Crippen molar-refractivity contribution in [2.45, 2.75) is 12.5 Å². The first-order valence-corrected chi connectivity index (χ1v) is 6.17. The Morgan fingerprint density at radius 3 is 2.89 bits per heavy atom. The molecule has 0 heterocycles. The highest BCUT2D eigenvalue weighted by Crippen LogP contribution is 2.27. The van der Waals surface area contributed by atoms with E-state index >= 15 is 0 Å². The molecule has 0 spiro atoms. The third-order valence-electron chi connectivity index (χ3n) is 2.44. The van der Waals surface area contributed by atoms with E-state index in [0.717, 1.165) is 0 Å². The van der Waals surface area contributed by atoms with Crippen LogP contribution in [-0.4, -0.2) is 30.8 Å². The number of methoxy groups -OCH3 is 1. The number of hydrogen-bond donors (Lipinski definition) is 2. The van der Waals surface area contributed by atoms with Crippen molar-refractivity contribution >= 4 is 27.6 Å². The smallest absolute Gasteiger partial charge is 0.326 e. The van der Waals surface area contributed by atoms with Gasteiger partial charge in [-0.1, -0.05) is 0 Å². The molecule has 1 rings (SSSR count). The number of carboxylic acids is 1. The molecular formula is C12H12BrFN2O3. The van der Waals surface area contributed by atoms with E-state index in [-0.39, 0.29) is 28.8 Å². The summed E-state index contributed by atoms with van der Waals surface area (Å²) in [4.78, 5) is 11.0. The Morgan fingerprint density at radius 1 is 1.68 bits per heavy atom. The van der Waals surface area contributed by atoms with E-state index in [4.69, 9.17) is 15.1 Å². The van der Waals surface area contributed by atoms with Gasteiger partial charge in [0.2, 0.25) is 0 Å². The number of carbonyl (C=O) groups is 1. The van der Waals surface area contributed by atoms with Crippen LogP contribution in [0.3, 0.4) is 0 Å². The number of rotatable bonds is 6. The van der Waals surface area contributed by atoms with Crippen LogP contribution in [0, 0.1) is 17.1 Å². The van der Waals surface area contributed by atoms with E-state index < -0.39 is 17.8 Å². The molecule has 7 heteroatoms. The topological polar surface area (TPSA) is 82.3 Å². The van der Waals surface area contributed by atoms with E-state index in [0.29, 0.717) is 0 Å². The van der Waals surface area contributed by atoms with Crippen molar-refractivity contribution in [2.24, 2.45) is 0 Å². The minimum atomic E-state index is -1.10. The molecular weight excluding hydrogens is 319 g/mol. The summed E-state index contributed by atoms with van der Waals surface area (Å²) in [5.74, 6) is -1.79. The van der Waals surface area contributed by atoms with Crippen LogP contribution in [0.25, 0.3) is 0 Å². The van der Waals surface area contributed by atoms with E-state index in [9.17, 15) is 9.18 Å². The van der Waals surface area contributed by atoms with Crippen molar-refractivity contribution in [3.05, 3.63) is 28.0 Å². The molecule has 1 aromatic carbocycles. The first-order chi connectivity index (χ1) is 9.01. The predicted molar refractivity (Wildman–Crippen MR) is 70.4 cm³/mol. The lowest BCUT2D eigenvalue weighted by atomic mass is 10.1. The number of nitriles is 1. The first-order valence-electron chi connectivity index (χ1n) is 5.37. The van der Waals surface area contributed by atoms with Crippen LogP contribution in [0.1, 0.15) is 12.0 Å². The van der Waals surface area contributed by atoms with Crippen molar-refractivity contribution in [3.8, 4) is 6.07 Å². The lowest BCUT2D eigenvalue weighted by molar-refractivity contribution is -0.138. The Bertz CT molecular complexity index is 516. The van der Waals surface area contributed by atoms with Crippen LogP contribution in [0.2, 0.25) is 0 Å². The maximum Gasteiger partial charge on any atom is 0.326 e. The number of nitrogens with zero attached hydrogens (tertiary/aromatic N) is 1. The van der Waals surface area contributed by atoms with Gasteiger partial charge in [0.05, 0.1) is 15.7 Å². The average molecular weight is 331 g/mol. The van der Waals surface area contributed by atoms with Crippen LogP contribution in [0.5, 0.6) is 0 Å². The quantitative estimate of drug-likeness (QED) is 0.836. The van der Waals surface area contributed by atoms with Gasteiger partial charge in [-0.2, -0.15) is 5.26 Å². The maximum absolute atomic E-state index is 13.9. The van der Waals surface area contributed by atoms with Gasteiger partial charge in [-0.25, -0.2) is 9.18 Å². The maximum atomic E-state index is 13.9. The fourth-order valence-corrected chi connectivity index (χ4v) is 1.86. The molecule has 1 aromatic rings. The first kappa shape index (κ1) is 15.4. The minimum absolute atomic E-state index is 0.0101. The Labute approximate surface area is 118 Å². The van der Waals surface area contributed by atoms with Crippen LogP contribution in [-0.2, 0) is 9.53 Å². The standard InChI is InChI=1S/C12H12BrFN2O3/c1-19-5-4-9(12(17)18)16-8-3-2-7(6-15)10(13)11(8)14/h2-3,9,16H,4-5H2,1H3,(H,17,18). The zero-order valence-electron chi connectivity index (χ0n) is 10.1. The van der Waals surface area contributed by atoms with Crippen molar-refractivity contribution in [3.63, 3.8) is 0 Å². The third-order valence-corrected chi connectivity index (χ3v) is 3.22. The molecule has 0 aromatic heterocycles. The van der Waals surface area contributed by atoms with Crippen LogP contribution >= 0.6 is 15.9 Å². The van der Waals surface area contributed by atoms with E-state index in [1.54, 1.807) is 0 Å². The molecule has 0 bridgehead atoms. The normalized spacial score (nSPS) is 11.7. The molecule has 102 valence electrons. The summed E-state index contributed by atoms with van der Waals surface area (Å²) in [5, 5.41) is 20.3. The van der Waals surface area contributed by atoms with Crippen LogP contribution in [0.15, 0.2) is 16.6 Å². The molecule has 0 radical (unpaired) electrons. The molecule has 0 saturated heterocycles. The van der Waals surface area contributed by atoms with Gasteiger partial charge in [-0.15, -0.1) is 0 Å². The highest BCUT2D eigenvalue weighted by atomic mass is 79.9. The van der Waals surface area contributed by atoms with Gasteiger partial charge in [0, 0.05) is 20.1 Å². The molecule has 0 aliphatic carbocycles. The van der Waals surface area contributed by atoms with Gasteiger partial charge in [0.25, 0.3) is 0 Å². The van der Waals surface area contributed by atoms with Gasteiger partial charge in [-0.05, 0) is 28.1 Å². The lowest BCUT2D eigenvalue weighted by Crippen LogP contribution is -2.30. The number of hydrogen-bond acceptors (Lipinski definition) is 4. The van der Waals surface area contributed by atoms with E-state index in [1.165, 1.54) is 19.2 Å². The fraction of sp³-hybridized carbons (Fsp3) is 0.333. The second-order valence-electron chi connectivity index (χ2n) is 3.72. The fourth-order valence-electron chi connectivity index (χ4n) is 1.43. The van der Waals surface area contributed by atoms with E-state index in [1.807, 2.05) is 6.07 Å². The SMILES string of the molecule is COCCC(Nc1ccc(C#N)c(Br)c1F)C(=O)O. The number of anilines is 1. The monoisotopic (exact) mass is 330 g/mol. The molecule has 1 atom stereocenters. The number of halogens is 2. The number of carboxylic acid groups (broad SMARTS) is 1. The second-order valence-corrected chi connectivity index (χ2v) is 4.51. The zero-order valence-corrected chi connectivity index (χ0v) is 11.7. The van der Waals surface area contributed by atoms with Gasteiger partial charge < -0.3 is 15.2 Å². The zero-order chi connectivity index (χ0) is 14.4. The Balaban J connectivity index is 2.94. The third kappa shape index (κ3) is 3.91. The number of ether oxygens (including phenoxy) is 1. The molecule has 0 aliphatic rings. The van der Waals surface area contributed by atoms with Crippen LogP contribution < -0.4 is 5.32 Å². The summed E-state index contributed by atoms with van der Waals surface area (Å²) < 4.78 is 18.7. The van der Waals surface area contributed by atoms with Crippen molar-refractivity contribution < 1.29 is 19.0 Å². The summed E-state index contributed by atoms with van der Waals surface area (Å²) in [7, 11) is 1.46. The molecule has 2 N–H and O–H groups in total. The largest absolute Gasteiger partial charge is 0.480 e. The van der Waals surface area contributed by atoms with Gasteiger partial charge in [0.1, 0.15) is 12.1 Å². The Morgan fingerprint density at radius 2 is 2.37 bits per heavy atom. The molecule has 5 nitrogen and oxygen atoms in total. The Kier molecular flexibility index (Phi) is 5.73. The van der Waals surface area contributed by atoms with Crippen molar-refractivity contribution in [1.29, 1.82) is 5.26 Å². The number of aliphatic carboxylic acids is 1. The summed E-state index contributed by atoms with van der Waals surface area (Å²) in [6.07, 6.45) is 0.197. The molecule has 0 amide bonds. The van der Waals surface area contributed by atoms with Gasteiger partial charge in [-0.3, -0.25) is 0 Å². The highest BCUT2D eigenvalue weighted by molar-refractivity contribution is 9.10. The summed E-state index contributed by atoms with van der Waals surface area (Å²) >= 11 is 2.96. The summed E-state index contributed by atoms with van der Waals surface area (Å²) in [5.41, 5.74) is 0.168. The van der Waals surface area contributed by atoms with Gasteiger partial charge >= 0.3 is 5.97 Å². The lowest BCUT2D eigenvalue weighted by Gasteiger charge is -2.16. The highest BCUT2D eigenvalue weighted by Gasteiger charge is 2.20. The second kappa shape index (κ2) is 7.07. The summed E-state index contributed by atoms with van der Waals surface area (Å²) in [6, 6.07) is 3.60. The molecule has 0 saturated carbocycles. The van der Waals surface area contributed by atoms with Crippen LogP contribution in [0.4, 0.5) is 10.1 Å². The molecule has 1 unspecified atom stereocenters. The Hall–Kier alpha value is -1.65. The van der Waals surface area contributed by atoms with Crippen molar-refractivity contribution in [2.75, 3.05) is 19.0 Å².